The van der Waals surface area contributed by atoms with E-state index in [0.29, 0.717) is 37.6 Å². The standard InChI is InChI=1S/C18H27N3O4/c1-12(10-19)20-18(23)14-9-17(22)21(11-14)7-6-13-4-5-15(24-2)16(8-13)25-3/h4-5,8,12,14H,6-7,9-11,19H2,1-3H3,(H,20,23)/t12-,14?/m0/s1. The van der Waals surface area contributed by atoms with Gasteiger partial charge in [-0.1, -0.05) is 6.07 Å². The second-order valence-corrected chi connectivity index (χ2v) is 6.33. The molecule has 2 amide bonds. The van der Waals surface area contributed by atoms with Gasteiger partial charge in [0, 0.05) is 32.1 Å². The molecular weight excluding hydrogens is 322 g/mol. The van der Waals surface area contributed by atoms with Crippen molar-refractivity contribution in [3.63, 3.8) is 0 Å². The molecule has 0 radical (unpaired) electrons. The van der Waals surface area contributed by atoms with Gasteiger partial charge in [0.05, 0.1) is 20.1 Å². The van der Waals surface area contributed by atoms with Crippen molar-refractivity contribution in [3.05, 3.63) is 23.8 Å². The number of carbonyl (C=O) groups excluding carboxylic acids is 2. The van der Waals surface area contributed by atoms with Gasteiger partial charge in [0.1, 0.15) is 0 Å². The molecular formula is C18H27N3O4. The van der Waals surface area contributed by atoms with E-state index >= 15 is 0 Å². The molecule has 1 aliphatic rings. The van der Waals surface area contributed by atoms with E-state index in [9.17, 15) is 9.59 Å². The van der Waals surface area contributed by atoms with Gasteiger partial charge in [0.15, 0.2) is 11.5 Å². The number of rotatable bonds is 8. The molecule has 1 fully saturated rings. The summed E-state index contributed by atoms with van der Waals surface area (Å²) < 4.78 is 10.5. The van der Waals surface area contributed by atoms with Crippen LogP contribution in [0.3, 0.4) is 0 Å². The third-order valence-corrected chi connectivity index (χ3v) is 4.45. The zero-order valence-electron chi connectivity index (χ0n) is 15.1. The van der Waals surface area contributed by atoms with Gasteiger partial charge in [0.2, 0.25) is 11.8 Å². The van der Waals surface area contributed by atoms with E-state index in [4.69, 9.17) is 15.2 Å². The van der Waals surface area contributed by atoms with Crippen LogP contribution in [0.1, 0.15) is 18.9 Å². The van der Waals surface area contributed by atoms with Crippen LogP contribution in [0.2, 0.25) is 0 Å². The molecule has 138 valence electrons. The first-order chi connectivity index (χ1) is 12.0. The molecule has 0 spiro atoms. The highest BCUT2D eigenvalue weighted by Crippen LogP contribution is 2.28. The highest BCUT2D eigenvalue weighted by molar-refractivity contribution is 5.89. The van der Waals surface area contributed by atoms with Crippen molar-refractivity contribution in [1.82, 2.24) is 10.2 Å². The third kappa shape index (κ3) is 4.85. The van der Waals surface area contributed by atoms with Crippen LogP contribution in [-0.2, 0) is 16.0 Å². The monoisotopic (exact) mass is 349 g/mol. The summed E-state index contributed by atoms with van der Waals surface area (Å²) >= 11 is 0. The lowest BCUT2D eigenvalue weighted by Crippen LogP contribution is -2.42. The largest absolute Gasteiger partial charge is 0.493 e. The van der Waals surface area contributed by atoms with Crippen LogP contribution < -0.4 is 20.5 Å². The minimum absolute atomic E-state index is 0.0148. The summed E-state index contributed by atoms with van der Waals surface area (Å²) in [6.07, 6.45) is 0.953. The van der Waals surface area contributed by atoms with Gasteiger partial charge in [-0.15, -0.1) is 0 Å². The number of nitrogens with one attached hydrogen (secondary N) is 1. The van der Waals surface area contributed by atoms with Crippen molar-refractivity contribution in [2.75, 3.05) is 33.9 Å². The van der Waals surface area contributed by atoms with Crippen LogP contribution in [0.15, 0.2) is 18.2 Å². The van der Waals surface area contributed by atoms with Crippen molar-refractivity contribution in [2.45, 2.75) is 25.8 Å². The summed E-state index contributed by atoms with van der Waals surface area (Å²) in [7, 11) is 3.19. The first-order valence-corrected chi connectivity index (χ1v) is 8.47. The number of methoxy groups -OCH3 is 2. The molecule has 1 aromatic rings. The van der Waals surface area contributed by atoms with Crippen LogP contribution in [0.5, 0.6) is 11.5 Å². The Morgan fingerprint density at radius 2 is 2.08 bits per heavy atom. The maximum absolute atomic E-state index is 12.2. The Morgan fingerprint density at radius 3 is 2.72 bits per heavy atom. The van der Waals surface area contributed by atoms with Crippen molar-refractivity contribution < 1.29 is 19.1 Å². The molecule has 1 unspecified atom stereocenters. The molecule has 0 aromatic heterocycles. The highest BCUT2D eigenvalue weighted by Gasteiger charge is 2.34. The molecule has 0 saturated carbocycles. The first kappa shape index (κ1) is 19.1. The molecule has 1 saturated heterocycles. The first-order valence-electron chi connectivity index (χ1n) is 8.47. The van der Waals surface area contributed by atoms with Gasteiger partial charge >= 0.3 is 0 Å². The van der Waals surface area contributed by atoms with E-state index in [0.717, 1.165) is 5.56 Å². The summed E-state index contributed by atoms with van der Waals surface area (Å²) in [6.45, 7) is 3.26. The number of likely N-dealkylation sites (tertiary alicyclic amines) is 1. The number of hydrogen-bond donors (Lipinski definition) is 2. The molecule has 2 atom stereocenters. The van der Waals surface area contributed by atoms with Crippen LogP contribution in [0, 0.1) is 5.92 Å². The average molecular weight is 349 g/mol. The lowest BCUT2D eigenvalue weighted by Gasteiger charge is -2.18. The number of ether oxygens (including phenoxy) is 2. The number of benzene rings is 1. The summed E-state index contributed by atoms with van der Waals surface area (Å²) in [5.41, 5.74) is 6.57. The van der Waals surface area contributed by atoms with Gasteiger partial charge in [-0.3, -0.25) is 9.59 Å². The van der Waals surface area contributed by atoms with Crippen molar-refractivity contribution in [1.29, 1.82) is 0 Å². The predicted molar refractivity (Wildman–Crippen MR) is 94.6 cm³/mol. The second kappa shape index (κ2) is 8.71. The van der Waals surface area contributed by atoms with E-state index in [1.165, 1.54) is 0 Å². The molecule has 1 aromatic carbocycles. The molecule has 1 aliphatic heterocycles. The number of amides is 2. The van der Waals surface area contributed by atoms with E-state index in [1.807, 2.05) is 25.1 Å². The number of carbonyl (C=O) groups is 2. The van der Waals surface area contributed by atoms with Gasteiger partial charge in [-0.2, -0.15) is 0 Å². The second-order valence-electron chi connectivity index (χ2n) is 6.33. The summed E-state index contributed by atoms with van der Waals surface area (Å²) in [6, 6.07) is 5.63. The van der Waals surface area contributed by atoms with Gasteiger partial charge in [-0.25, -0.2) is 0 Å². The van der Waals surface area contributed by atoms with Crippen LogP contribution in [-0.4, -0.2) is 56.6 Å². The third-order valence-electron chi connectivity index (χ3n) is 4.45. The normalized spacial score (nSPS) is 18.2. The fraction of sp³-hybridized carbons (Fsp3) is 0.556. The maximum atomic E-state index is 12.2. The predicted octanol–water partition coefficient (Wildman–Crippen LogP) is 0.558. The minimum Gasteiger partial charge on any atom is -0.493 e. The Labute approximate surface area is 148 Å². The minimum atomic E-state index is -0.299. The fourth-order valence-electron chi connectivity index (χ4n) is 2.88. The van der Waals surface area contributed by atoms with Gasteiger partial charge in [-0.05, 0) is 31.0 Å². The number of hydrogen-bond acceptors (Lipinski definition) is 5. The molecule has 25 heavy (non-hydrogen) atoms. The highest BCUT2D eigenvalue weighted by atomic mass is 16.5. The number of nitrogens with zero attached hydrogens (tertiary/aromatic N) is 1. The van der Waals surface area contributed by atoms with Crippen molar-refractivity contribution in [3.8, 4) is 11.5 Å². The Balaban J connectivity index is 1.91. The molecule has 7 nitrogen and oxygen atoms in total. The van der Waals surface area contributed by atoms with E-state index < -0.39 is 0 Å². The topological polar surface area (TPSA) is 93.9 Å². The van der Waals surface area contributed by atoms with Crippen LogP contribution in [0.25, 0.3) is 0 Å². The Hall–Kier alpha value is -2.28. The Morgan fingerprint density at radius 1 is 1.36 bits per heavy atom. The van der Waals surface area contributed by atoms with E-state index in [1.54, 1.807) is 19.1 Å². The molecule has 0 bridgehead atoms. The van der Waals surface area contributed by atoms with Crippen LogP contribution >= 0.6 is 0 Å². The van der Waals surface area contributed by atoms with Crippen molar-refractivity contribution in [2.24, 2.45) is 11.7 Å². The molecule has 1 heterocycles. The lowest BCUT2D eigenvalue weighted by atomic mass is 10.1. The summed E-state index contributed by atoms with van der Waals surface area (Å²) in [5.74, 6) is 0.961. The Kier molecular flexibility index (Phi) is 6.64. The molecule has 0 aliphatic carbocycles. The molecule has 3 N–H and O–H groups in total. The summed E-state index contributed by atoms with van der Waals surface area (Å²) in [5, 5.41) is 2.84. The van der Waals surface area contributed by atoms with Crippen LogP contribution in [0.4, 0.5) is 0 Å². The average Bonchev–Trinajstić information content (AvgIpc) is 3.00. The quantitative estimate of drug-likeness (QED) is 0.715. The lowest BCUT2D eigenvalue weighted by molar-refractivity contribution is -0.129. The molecule has 2 rings (SSSR count). The van der Waals surface area contributed by atoms with E-state index in [-0.39, 0.29) is 30.2 Å². The molecule has 7 heteroatoms. The van der Waals surface area contributed by atoms with E-state index in [2.05, 4.69) is 5.32 Å². The van der Waals surface area contributed by atoms with Gasteiger partial charge in [0.25, 0.3) is 0 Å². The zero-order valence-corrected chi connectivity index (χ0v) is 15.1. The number of nitrogens with two attached hydrogens (primary N) is 1. The Bertz CT molecular complexity index is 620. The summed E-state index contributed by atoms with van der Waals surface area (Å²) in [4.78, 5) is 26.1. The SMILES string of the molecule is COc1ccc(CCN2CC(C(=O)N[C@@H](C)CN)CC2=O)cc1OC. The smallest absolute Gasteiger partial charge is 0.225 e. The fourth-order valence-corrected chi connectivity index (χ4v) is 2.88. The maximum Gasteiger partial charge on any atom is 0.225 e. The van der Waals surface area contributed by atoms with Crippen molar-refractivity contribution >= 4 is 11.8 Å². The van der Waals surface area contributed by atoms with Gasteiger partial charge < -0.3 is 25.4 Å². The zero-order chi connectivity index (χ0) is 18.4.